The molecular formula is C15H13N5O5. The van der Waals surface area contributed by atoms with E-state index in [9.17, 15) is 25.1 Å². The molecule has 2 rings (SSSR count). The maximum absolute atomic E-state index is 12.4. The maximum Gasteiger partial charge on any atom is 0.279 e. The highest BCUT2D eigenvalue weighted by molar-refractivity contribution is 5.67. The summed E-state index contributed by atoms with van der Waals surface area (Å²) >= 11 is 0. The van der Waals surface area contributed by atoms with Gasteiger partial charge in [0.15, 0.2) is 5.88 Å². The Morgan fingerprint density at radius 2 is 2.04 bits per heavy atom. The Balaban J connectivity index is 2.64. The van der Waals surface area contributed by atoms with Gasteiger partial charge in [-0.25, -0.2) is 4.85 Å². The molecule has 1 aromatic heterocycles. The lowest BCUT2D eigenvalue weighted by Gasteiger charge is -2.11. The Labute approximate surface area is 141 Å². The molecule has 2 aromatic rings. The zero-order valence-electron chi connectivity index (χ0n) is 13.3. The third-order valence-electron chi connectivity index (χ3n) is 3.48. The van der Waals surface area contributed by atoms with E-state index in [4.69, 9.17) is 6.57 Å². The van der Waals surface area contributed by atoms with Gasteiger partial charge in [-0.05, 0) is 25.5 Å². The number of aromatic nitrogens is 1. The van der Waals surface area contributed by atoms with E-state index in [0.29, 0.717) is 0 Å². The second kappa shape index (κ2) is 6.79. The molecule has 0 unspecified atom stereocenters. The van der Waals surface area contributed by atoms with Crippen molar-refractivity contribution in [2.45, 2.75) is 20.4 Å². The summed E-state index contributed by atoms with van der Waals surface area (Å²) < 4.78 is 0.960. The van der Waals surface area contributed by atoms with E-state index in [-0.39, 0.29) is 40.6 Å². The number of hydrogen-bond acceptors (Lipinski definition) is 7. The predicted octanol–water partition coefficient (Wildman–Crippen LogP) is 3.46. The number of nitro groups is 1. The topological polar surface area (TPSA) is 135 Å². The van der Waals surface area contributed by atoms with Crippen molar-refractivity contribution in [2.75, 3.05) is 0 Å². The number of nitro benzene ring substituents is 1. The van der Waals surface area contributed by atoms with Crippen LogP contribution in [-0.2, 0) is 6.54 Å². The Kier molecular flexibility index (Phi) is 4.79. The third-order valence-corrected chi connectivity index (χ3v) is 3.48. The summed E-state index contributed by atoms with van der Waals surface area (Å²) in [5.41, 5.74) is -1.39. The summed E-state index contributed by atoms with van der Waals surface area (Å²) in [6, 6.07) is 3.19. The van der Waals surface area contributed by atoms with Crippen molar-refractivity contribution in [3.63, 3.8) is 0 Å². The van der Waals surface area contributed by atoms with Crippen LogP contribution >= 0.6 is 0 Å². The van der Waals surface area contributed by atoms with Crippen LogP contribution in [0.3, 0.4) is 0 Å². The minimum Gasteiger partial charge on any atom is -0.506 e. The van der Waals surface area contributed by atoms with Crippen LogP contribution in [0.5, 0.6) is 11.6 Å². The molecule has 25 heavy (non-hydrogen) atoms. The van der Waals surface area contributed by atoms with Crippen LogP contribution in [0, 0.1) is 23.6 Å². The first-order valence-electron chi connectivity index (χ1n) is 7.04. The highest BCUT2D eigenvalue weighted by atomic mass is 16.6. The number of benzene rings is 1. The number of rotatable bonds is 4. The number of phenols is 1. The normalized spacial score (nSPS) is 10.8. The summed E-state index contributed by atoms with van der Waals surface area (Å²) in [6.45, 7) is 10.3. The largest absolute Gasteiger partial charge is 0.506 e. The molecule has 0 atom stereocenters. The number of pyridine rings is 1. The van der Waals surface area contributed by atoms with Gasteiger partial charge in [0.1, 0.15) is 17.1 Å². The van der Waals surface area contributed by atoms with E-state index in [1.165, 1.54) is 6.92 Å². The lowest BCUT2D eigenvalue weighted by molar-refractivity contribution is -0.384. The van der Waals surface area contributed by atoms with Crippen LogP contribution in [0.2, 0.25) is 0 Å². The molecule has 0 radical (unpaired) electrons. The highest BCUT2D eigenvalue weighted by Crippen LogP contribution is 2.36. The van der Waals surface area contributed by atoms with Crippen molar-refractivity contribution < 1.29 is 15.1 Å². The SMILES string of the molecule is [C-]#[N+]c1c(C)c(N=Nc2cc([N+](=O)[O-])ccc2O)c(=O)n(CC)c1O. The third kappa shape index (κ3) is 3.16. The Bertz CT molecular complexity index is 987. The fraction of sp³-hybridized carbons (Fsp3) is 0.200. The van der Waals surface area contributed by atoms with Crippen molar-refractivity contribution >= 4 is 22.7 Å². The van der Waals surface area contributed by atoms with Crippen LogP contribution in [0.4, 0.5) is 22.7 Å². The number of nitrogens with zero attached hydrogens (tertiary/aromatic N) is 5. The quantitative estimate of drug-likeness (QED) is 0.379. The lowest BCUT2D eigenvalue weighted by atomic mass is 10.2. The fourth-order valence-corrected chi connectivity index (χ4v) is 2.15. The Hall–Kier alpha value is -3.74. The molecule has 0 bridgehead atoms. The van der Waals surface area contributed by atoms with Crippen molar-refractivity contribution in [2.24, 2.45) is 10.2 Å². The second-order valence-corrected chi connectivity index (χ2v) is 4.94. The van der Waals surface area contributed by atoms with Gasteiger partial charge in [0, 0.05) is 18.7 Å². The smallest absolute Gasteiger partial charge is 0.279 e. The second-order valence-electron chi connectivity index (χ2n) is 4.94. The lowest BCUT2D eigenvalue weighted by Crippen LogP contribution is -2.19. The molecule has 0 spiro atoms. The summed E-state index contributed by atoms with van der Waals surface area (Å²) in [5.74, 6) is -0.816. The zero-order chi connectivity index (χ0) is 18.7. The summed E-state index contributed by atoms with van der Waals surface area (Å²) in [7, 11) is 0. The van der Waals surface area contributed by atoms with E-state index >= 15 is 0 Å². The highest BCUT2D eigenvalue weighted by Gasteiger charge is 2.18. The number of hydrogen-bond donors (Lipinski definition) is 2. The first-order valence-corrected chi connectivity index (χ1v) is 7.04. The minimum atomic E-state index is -0.668. The van der Waals surface area contributed by atoms with Crippen LogP contribution in [0.15, 0.2) is 33.2 Å². The standard InChI is InChI=1S/C15H13N5O5/c1-4-19-14(22)12(16-3)8(2)13(15(19)23)18-17-10-7-9(20(24)25)5-6-11(10)21/h5-7,21-22H,4H2,1-2H3. The van der Waals surface area contributed by atoms with Crippen LogP contribution in [0.1, 0.15) is 12.5 Å². The number of phenolic OH excluding ortho intramolecular Hbond substituents is 1. The van der Waals surface area contributed by atoms with Crippen molar-refractivity contribution in [1.29, 1.82) is 0 Å². The maximum atomic E-state index is 12.4. The van der Waals surface area contributed by atoms with E-state index < -0.39 is 16.4 Å². The van der Waals surface area contributed by atoms with E-state index in [1.54, 1.807) is 6.92 Å². The summed E-state index contributed by atoms with van der Waals surface area (Å²) in [5, 5.41) is 37.9. The van der Waals surface area contributed by atoms with Gasteiger partial charge in [-0.3, -0.25) is 19.5 Å². The fourth-order valence-electron chi connectivity index (χ4n) is 2.15. The van der Waals surface area contributed by atoms with E-state index in [0.717, 1.165) is 22.8 Å². The van der Waals surface area contributed by atoms with Gasteiger partial charge in [-0.2, -0.15) is 0 Å². The molecule has 10 heteroatoms. The molecule has 1 heterocycles. The molecule has 1 aromatic carbocycles. The molecule has 0 aliphatic rings. The number of non-ortho nitro benzene ring substituents is 1. The minimum absolute atomic E-state index is 0.109. The summed E-state index contributed by atoms with van der Waals surface area (Å²) in [4.78, 5) is 25.7. The predicted molar refractivity (Wildman–Crippen MR) is 88.0 cm³/mol. The molecule has 0 amide bonds. The van der Waals surface area contributed by atoms with E-state index in [1.807, 2.05) is 0 Å². The molecule has 10 nitrogen and oxygen atoms in total. The van der Waals surface area contributed by atoms with Crippen molar-refractivity contribution in [3.8, 4) is 11.6 Å². The van der Waals surface area contributed by atoms with Crippen LogP contribution in [0.25, 0.3) is 4.85 Å². The first-order chi connectivity index (χ1) is 11.8. The number of azo groups is 1. The van der Waals surface area contributed by atoms with Crippen molar-refractivity contribution in [3.05, 3.63) is 55.6 Å². The zero-order valence-corrected chi connectivity index (χ0v) is 13.3. The van der Waals surface area contributed by atoms with Gasteiger partial charge in [-0.15, -0.1) is 10.2 Å². The first kappa shape index (κ1) is 17.6. The molecule has 0 saturated carbocycles. The van der Waals surface area contributed by atoms with Gasteiger partial charge in [0.2, 0.25) is 5.69 Å². The van der Waals surface area contributed by atoms with Gasteiger partial charge < -0.3 is 10.2 Å². The van der Waals surface area contributed by atoms with Crippen molar-refractivity contribution in [1.82, 2.24) is 4.57 Å². The Morgan fingerprint density at radius 3 is 2.60 bits per heavy atom. The molecule has 0 fully saturated rings. The molecular weight excluding hydrogens is 330 g/mol. The average Bonchev–Trinajstić information content (AvgIpc) is 2.56. The van der Waals surface area contributed by atoms with Gasteiger partial charge in [0.25, 0.3) is 11.2 Å². The monoisotopic (exact) mass is 343 g/mol. The number of aromatic hydroxyl groups is 2. The molecule has 128 valence electrons. The molecule has 2 N–H and O–H groups in total. The van der Waals surface area contributed by atoms with Gasteiger partial charge in [-0.1, -0.05) is 0 Å². The van der Waals surface area contributed by atoms with Gasteiger partial charge >= 0.3 is 0 Å². The van der Waals surface area contributed by atoms with Crippen LogP contribution in [-0.4, -0.2) is 19.7 Å². The molecule has 0 aliphatic heterocycles. The van der Waals surface area contributed by atoms with Gasteiger partial charge in [0.05, 0.1) is 11.5 Å². The summed E-state index contributed by atoms with van der Waals surface area (Å²) in [6.07, 6.45) is 0. The van der Waals surface area contributed by atoms with E-state index in [2.05, 4.69) is 15.1 Å². The molecule has 0 saturated heterocycles. The molecule has 0 aliphatic carbocycles. The van der Waals surface area contributed by atoms with Crippen LogP contribution < -0.4 is 5.56 Å². The Morgan fingerprint density at radius 1 is 1.36 bits per heavy atom. The average molecular weight is 343 g/mol.